The van der Waals surface area contributed by atoms with Crippen LogP contribution in [0.5, 0.6) is 0 Å². The zero-order chi connectivity index (χ0) is 28.8. The molecule has 15 heteroatoms. The second-order valence-corrected chi connectivity index (χ2v) is 11.9. The Morgan fingerprint density at radius 2 is 0.872 bits per heavy atom. The van der Waals surface area contributed by atoms with E-state index in [-0.39, 0.29) is 62.7 Å². The van der Waals surface area contributed by atoms with Gasteiger partial charge in [-0.1, -0.05) is 105 Å². The maximum atomic E-state index is 11.1. The van der Waals surface area contributed by atoms with Crippen molar-refractivity contribution < 1.29 is 9.85 Å². The van der Waals surface area contributed by atoms with Crippen LogP contribution in [0, 0.1) is 20.2 Å². The summed E-state index contributed by atoms with van der Waals surface area (Å²) in [5.41, 5.74) is 0.813. The van der Waals surface area contributed by atoms with E-state index in [4.69, 9.17) is 92.8 Å². The monoisotopic (exact) mass is 700 g/mol. The van der Waals surface area contributed by atoms with Crippen molar-refractivity contribution in [3.05, 3.63) is 109 Å². The third kappa shape index (κ3) is 6.03. The minimum Gasteiger partial charge on any atom is -0.258 e. The first-order chi connectivity index (χ1) is 18.3. The number of non-ortho nitro benzene ring substituents is 2. The van der Waals surface area contributed by atoms with Gasteiger partial charge in [-0.05, 0) is 24.3 Å². The smallest absolute Gasteiger partial charge is 0.258 e. The van der Waals surface area contributed by atoms with E-state index in [1.165, 1.54) is 48.5 Å². The highest BCUT2D eigenvalue weighted by molar-refractivity contribution is 7.99. The molecule has 0 aliphatic rings. The molecule has 6 nitrogen and oxygen atoms in total. The standard InChI is InChI=1S/C24H8Cl8N2O4S/c25-13-5-9(33(35)36)1-3-11(13)19-15(27)7-17(29)23(21(19)31)39-24-18(30)8-16(28)20(22(24)32)12-4-2-10(34(37)38)6-14(12)26/h1-8H. The molecule has 0 N–H and O–H groups in total. The van der Waals surface area contributed by atoms with Gasteiger partial charge in [0.05, 0.1) is 59.8 Å². The van der Waals surface area contributed by atoms with Crippen molar-refractivity contribution in [1.29, 1.82) is 0 Å². The lowest BCUT2D eigenvalue weighted by Gasteiger charge is -2.18. The van der Waals surface area contributed by atoms with Crippen LogP contribution in [0.15, 0.2) is 58.3 Å². The van der Waals surface area contributed by atoms with Gasteiger partial charge in [-0.3, -0.25) is 20.2 Å². The fraction of sp³-hybridized carbons (Fsp3) is 0. The largest absolute Gasteiger partial charge is 0.270 e. The van der Waals surface area contributed by atoms with E-state index in [2.05, 4.69) is 0 Å². The molecule has 0 saturated heterocycles. The predicted molar refractivity (Wildman–Crippen MR) is 161 cm³/mol. The molecule has 0 heterocycles. The van der Waals surface area contributed by atoms with Gasteiger partial charge in [-0.2, -0.15) is 0 Å². The Kier molecular flexibility index (Phi) is 9.38. The Balaban J connectivity index is 1.87. The minimum absolute atomic E-state index is 0.0453. The van der Waals surface area contributed by atoms with Crippen molar-refractivity contribution in [2.24, 2.45) is 0 Å². The van der Waals surface area contributed by atoms with Crippen LogP contribution in [0.25, 0.3) is 22.3 Å². The maximum Gasteiger partial charge on any atom is 0.270 e. The number of benzene rings is 4. The first-order valence-corrected chi connectivity index (χ1v) is 14.1. The number of halogens is 8. The van der Waals surface area contributed by atoms with E-state index in [1.54, 1.807) is 0 Å². The van der Waals surface area contributed by atoms with E-state index in [9.17, 15) is 20.2 Å². The number of hydrogen-bond donors (Lipinski definition) is 0. The predicted octanol–water partition coefficient (Wildman–Crippen LogP) is 12.2. The highest BCUT2D eigenvalue weighted by atomic mass is 35.5. The summed E-state index contributed by atoms with van der Waals surface area (Å²) in [7, 11) is 0. The molecule has 0 aromatic heterocycles. The van der Waals surface area contributed by atoms with Crippen molar-refractivity contribution in [3.63, 3.8) is 0 Å². The normalized spacial score (nSPS) is 11.1. The number of nitro groups is 2. The van der Waals surface area contributed by atoms with Crippen LogP contribution < -0.4 is 0 Å². The Morgan fingerprint density at radius 3 is 1.18 bits per heavy atom. The van der Waals surface area contributed by atoms with Crippen LogP contribution in [0.4, 0.5) is 11.4 Å². The quantitative estimate of drug-likeness (QED) is 0.147. The Bertz CT molecular complexity index is 1580. The van der Waals surface area contributed by atoms with Crippen LogP contribution in [0.2, 0.25) is 40.2 Å². The van der Waals surface area contributed by atoms with Gasteiger partial charge in [0.2, 0.25) is 0 Å². The molecule has 200 valence electrons. The minimum atomic E-state index is -0.582. The third-order valence-electron chi connectivity index (χ3n) is 5.33. The van der Waals surface area contributed by atoms with Gasteiger partial charge in [0.25, 0.3) is 11.4 Å². The number of rotatable bonds is 6. The van der Waals surface area contributed by atoms with Gasteiger partial charge in [0.1, 0.15) is 0 Å². The summed E-state index contributed by atoms with van der Waals surface area (Å²) in [6, 6.07) is 10.6. The van der Waals surface area contributed by atoms with Crippen molar-refractivity contribution in [1.82, 2.24) is 0 Å². The SMILES string of the molecule is O=[N+]([O-])c1ccc(-c2c(Cl)cc(Cl)c(Sc3c(Cl)cc(Cl)c(-c4ccc([N+](=O)[O-])cc4Cl)c3Cl)c2Cl)c(Cl)c1. The van der Waals surface area contributed by atoms with Gasteiger partial charge in [-0.15, -0.1) is 0 Å². The Hall–Kier alpha value is -1.65. The summed E-state index contributed by atoms with van der Waals surface area (Å²) in [5.74, 6) is 0. The summed E-state index contributed by atoms with van der Waals surface area (Å²) in [5, 5.41) is 23.1. The zero-order valence-electron chi connectivity index (χ0n) is 18.6. The average Bonchev–Trinajstić information content (AvgIpc) is 2.84. The highest BCUT2D eigenvalue weighted by Gasteiger charge is 2.25. The first kappa shape index (κ1) is 30.3. The third-order valence-corrected chi connectivity index (χ3v) is 9.60. The maximum absolute atomic E-state index is 11.1. The van der Waals surface area contributed by atoms with Gasteiger partial charge < -0.3 is 0 Å². The zero-order valence-corrected chi connectivity index (χ0v) is 25.4. The first-order valence-electron chi connectivity index (χ1n) is 10.2. The molecule has 4 aromatic rings. The van der Waals surface area contributed by atoms with Crippen molar-refractivity contribution in [2.45, 2.75) is 9.79 Å². The molecule has 0 saturated carbocycles. The molecule has 4 rings (SSSR count). The molecule has 4 aromatic carbocycles. The number of nitro benzene ring substituents is 2. The molecule has 39 heavy (non-hydrogen) atoms. The number of hydrogen-bond acceptors (Lipinski definition) is 5. The van der Waals surface area contributed by atoms with E-state index < -0.39 is 9.85 Å². The number of nitrogens with zero attached hydrogens (tertiary/aromatic N) is 2. The van der Waals surface area contributed by atoms with Crippen molar-refractivity contribution in [3.8, 4) is 22.3 Å². The van der Waals surface area contributed by atoms with E-state index in [0.717, 1.165) is 11.8 Å². The molecule has 0 unspecified atom stereocenters. The fourth-order valence-corrected chi connectivity index (χ4v) is 7.40. The molecular formula is C24H8Cl8N2O4S. The Labute approximate surface area is 264 Å². The molecule has 0 atom stereocenters. The molecule has 0 spiro atoms. The van der Waals surface area contributed by atoms with Crippen molar-refractivity contribution in [2.75, 3.05) is 0 Å². The molecular weight excluding hydrogens is 696 g/mol. The summed E-state index contributed by atoms with van der Waals surface area (Å²) < 4.78 is 0. The summed E-state index contributed by atoms with van der Waals surface area (Å²) in [6.45, 7) is 0. The lowest BCUT2D eigenvalue weighted by Crippen LogP contribution is -1.93. The summed E-state index contributed by atoms with van der Waals surface area (Å²) in [4.78, 5) is 21.7. The van der Waals surface area contributed by atoms with Gasteiger partial charge in [-0.25, -0.2) is 0 Å². The molecule has 0 aliphatic heterocycles. The van der Waals surface area contributed by atoms with E-state index >= 15 is 0 Å². The van der Waals surface area contributed by atoms with Crippen LogP contribution in [0.3, 0.4) is 0 Å². The van der Waals surface area contributed by atoms with Crippen molar-refractivity contribution >= 4 is 116 Å². The highest BCUT2D eigenvalue weighted by Crippen LogP contribution is 2.53. The lowest BCUT2D eigenvalue weighted by atomic mass is 10.0. The second kappa shape index (κ2) is 12.1. The van der Waals surface area contributed by atoms with E-state index in [0.29, 0.717) is 20.9 Å². The topological polar surface area (TPSA) is 86.3 Å². The van der Waals surface area contributed by atoms with Gasteiger partial charge >= 0.3 is 0 Å². The summed E-state index contributed by atoms with van der Waals surface area (Å²) >= 11 is 53.1. The fourth-order valence-electron chi connectivity index (χ4n) is 3.57. The van der Waals surface area contributed by atoms with Gasteiger partial charge in [0, 0.05) is 46.5 Å². The molecule has 0 bridgehead atoms. The molecule has 0 radical (unpaired) electrons. The summed E-state index contributed by atoms with van der Waals surface area (Å²) in [6.07, 6.45) is 0. The Morgan fingerprint density at radius 1 is 0.513 bits per heavy atom. The van der Waals surface area contributed by atoms with Crippen LogP contribution in [-0.2, 0) is 0 Å². The molecule has 0 aliphatic carbocycles. The lowest BCUT2D eigenvalue weighted by molar-refractivity contribution is -0.385. The molecule has 0 amide bonds. The van der Waals surface area contributed by atoms with Crippen LogP contribution >= 0.6 is 105 Å². The van der Waals surface area contributed by atoms with Crippen LogP contribution in [-0.4, -0.2) is 9.85 Å². The second-order valence-electron chi connectivity index (χ2n) is 7.66. The van der Waals surface area contributed by atoms with Gasteiger partial charge in [0.15, 0.2) is 0 Å². The van der Waals surface area contributed by atoms with Crippen LogP contribution in [0.1, 0.15) is 0 Å². The van der Waals surface area contributed by atoms with E-state index in [1.807, 2.05) is 0 Å². The molecule has 0 fully saturated rings. The average molecular weight is 704 g/mol.